The summed E-state index contributed by atoms with van der Waals surface area (Å²) in [4.78, 5) is 11.7. The molecule has 0 aliphatic carbocycles. The van der Waals surface area contributed by atoms with E-state index in [1.165, 1.54) is 33.5 Å². The molecule has 0 bridgehead atoms. The molecule has 8 heteroatoms. The number of rotatable bonds is 7. The topological polar surface area (TPSA) is 90.9 Å². The molecule has 0 aromatic heterocycles. The number of sulfonamides is 1. The molecule has 0 spiro atoms. The van der Waals surface area contributed by atoms with E-state index in [-0.39, 0.29) is 10.5 Å². The average molecular weight is 393 g/mol. The number of hydrogen-bond donors (Lipinski definition) is 1. The van der Waals surface area contributed by atoms with E-state index < -0.39 is 22.0 Å². The Morgan fingerprint density at radius 2 is 1.74 bits per heavy atom. The van der Waals surface area contributed by atoms with Crippen LogP contribution in [0.4, 0.5) is 0 Å². The molecule has 2 aromatic rings. The maximum absolute atomic E-state index is 12.9. The highest BCUT2D eigenvalue weighted by molar-refractivity contribution is 7.89. The molecular formula is C19H23NO6S. The van der Waals surface area contributed by atoms with Gasteiger partial charge in [0.1, 0.15) is 11.5 Å². The molecule has 0 amide bonds. The fourth-order valence-corrected chi connectivity index (χ4v) is 4.17. The fraction of sp³-hybridized carbons (Fsp3) is 0.316. The fourth-order valence-electron chi connectivity index (χ4n) is 2.67. The second-order valence-electron chi connectivity index (χ2n) is 5.92. The molecule has 0 saturated heterocycles. The van der Waals surface area contributed by atoms with Crippen molar-refractivity contribution >= 4 is 16.0 Å². The van der Waals surface area contributed by atoms with E-state index in [2.05, 4.69) is 9.46 Å². The number of hydrogen-bond acceptors (Lipinski definition) is 6. The van der Waals surface area contributed by atoms with Crippen molar-refractivity contribution in [3.8, 4) is 11.5 Å². The Hall–Kier alpha value is -2.58. The van der Waals surface area contributed by atoms with Gasteiger partial charge in [0.15, 0.2) is 0 Å². The Kier molecular flexibility index (Phi) is 6.45. The van der Waals surface area contributed by atoms with E-state index in [4.69, 9.17) is 9.47 Å². The smallest absolute Gasteiger partial charge is 0.337 e. The molecule has 0 aliphatic heterocycles. The largest absolute Gasteiger partial charge is 0.497 e. The number of methoxy groups -OCH3 is 3. The number of carbonyl (C=O) groups is 1. The molecule has 0 aliphatic rings. The third-order valence-corrected chi connectivity index (χ3v) is 5.82. The number of esters is 1. The van der Waals surface area contributed by atoms with Crippen LogP contribution in [0.1, 0.15) is 34.5 Å². The standard InChI is InChI=1S/C19H23NO6S/c1-12-6-7-14(19(21)26-5)10-18(12)27(22,23)20-13(2)16-11-15(24-3)8-9-17(16)25-4/h6-11,13,20H,1-5H3/t13-/m0/s1. The van der Waals surface area contributed by atoms with Gasteiger partial charge in [-0.3, -0.25) is 0 Å². The zero-order chi connectivity index (χ0) is 20.2. The van der Waals surface area contributed by atoms with Crippen LogP contribution in [0.25, 0.3) is 0 Å². The van der Waals surface area contributed by atoms with Crippen LogP contribution < -0.4 is 14.2 Å². The van der Waals surface area contributed by atoms with Crippen LogP contribution in [0.2, 0.25) is 0 Å². The van der Waals surface area contributed by atoms with Crippen molar-refractivity contribution in [3.05, 3.63) is 53.1 Å². The first kappa shape index (κ1) is 20.7. The van der Waals surface area contributed by atoms with Crippen LogP contribution in [0, 0.1) is 6.92 Å². The number of carbonyl (C=O) groups excluding carboxylic acids is 1. The first-order valence-corrected chi connectivity index (χ1v) is 9.65. The van der Waals surface area contributed by atoms with E-state index in [0.717, 1.165) is 0 Å². The zero-order valence-corrected chi connectivity index (χ0v) is 16.7. The Labute approximate surface area is 159 Å². The van der Waals surface area contributed by atoms with Gasteiger partial charge < -0.3 is 14.2 Å². The quantitative estimate of drug-likeness (QED) is 0.728. The van der Waals surface area contributed by atoms with E-state index in [0.29, 0.717) is 22.6 Å². The van der Waals surface area contributed by atoms with Crippen LogP contribution in [0.3, 0.4) is 0 Å². The van der Waals surface area contributed by atoms with Gasteiger partial charge in [-0.25, -0.2) is 17.9 Å². The minimum Gasteiger partial charge on any atom is -0.497 e. The predicted molar refractivity (Wildman–Crippen MR) is 101 cm³/mol. The van der Waals surface area contributed by atoms with Gasteiger partial charge in [-0.1, -0.05) is 6.07 Å². The summed E-state index contributed by atoms with van der Waals surface area (Å²) in [6.45, 7) is 3.36. The summed E-state index contributed by atoms with van der Waals surface area (Å²) in [5, 5.41) is 0. The van der Waals surface area contributed by atoms with Crippen molar-refractivity contribution < 1.29 is 27.4 Å². The lowest BCUT2D eigenvalue weighted by atomic mass is 10.1. The monoisotopic (exact) mass is 393 g/mol. The molecule has 0 saturated carbocycles. The van der Waals surface area contributed by atoms with Crippen molar-refractivity contribution in [1.82, 2.24) is 4.72 Å². The van der Waals surface area contributed by atoms with Crippen LogP contribution in [0.15, 0.2) is 41.3 Å². The van der Waals surface area contributed by atoms with Gasteiger partial charge in [0, 0.05) is 11.6 Å². The number of ether oxygens (including phenoxy) is 3. The highest BCUT2D eigenvalue weighted by Crippen LogP contribution is 2.30. The molecule has 7 nitrogen and oxygen atoms in total. The summed E-state index contributed by atoms with van der Waals surface area (Å²) < 4.78 is 43.7. The van der Waals surface area contributed by atoms with Gasteiger partial charge in [0.2, 0.25) is 10.0 Å². The lowest BCUT2D eigenvalue weighted by Crippen LogP contribution is -2.28. The van der Waals surface area contributed by atoms with E-state index >= 15 is 0 Å². The van der Waals surface area contributed by atoms with Gasteiger partial charge in [-0.05, 0) is 49.7 Å². The summed E-state index contributed by atoms with van der Waals surface area (Å²) in [7, 11) is 0.381. The van der Waals surface area contributed by atoms with E-state index in [1.54, 1.807) is 38.1 Å². The average Bonchev–Trinajstić information content (AvgIpc) is 2.66. The Bertz CT molecular complexity index is 939. The SMILES string of the molecule is COC(=O)c1ccc(C)c(S(=O)(=O)N[C@@H](C)c2cc(OC)ccc2OC)c1. The van der Waals surface area contributed by atoms with Gasteiger partial charge in [0.05, 0.1) is 31.8 Å². The molecule has 146 valence electrons. The van der Waals surface area contributed by atoms with E-state index in [9.17, 15) is 13.2 Å². The second kappa shape index (κ2) is 8.41. The molecule has 0 heterocycles. The summed E-state index contributed by atoms with van der Waals surface area (Å²) >= 11 is 0. The summed E-state index contributed by atoms with van der Waals surface area (Å²) in [5.41, 5.74) is 1.30. The number of benzene rings is 2. The number of aryl methyl sites for hydroxylation is 1. The second-order valence-corrected chi connectivity index (χ2v) is 7.61. The molecule has 2 rings (SSSR count). The Morgan fingerprint density at radius 3 is 2.33 bits per heavy atom. The van der Waals surface area contributed by atoms with Crippen LogP contribution in [-0.2, 0) is 14.8 Å². The van der Waals surface area contributed by atoms with Crippen molar-refractivity contribution in [2.24, 2.45) is 0 Å². The summed E-state index contributed by atoms with van der Waals surface area (Å²) in [5.74, 6) is 0.515. The lowest BCUT2D eigenvalue weighted by Gasteiger charge is -2.19. The highest BCUT2D eigenvalue weighted by atomic mass is 32.2. The summed E-state index contributed by atoms with van der Waals surface area (Å²) in [6, 6.07) is 8.95. The molecule has 1 atom stereocenters. The maximum atomic E-state index is 12.9. The van der Waals surface area contributed by atoms with E-state index in [1.807, 2.05) is 0 Å². The zero-order valence-electron chi connectivity index (χ0n) is 15.9. The molecule has 2 aromatic carbocycles. The molecular weight excluding hydrogens is 370 g/mol. The molecule has 0 fully saturated rings. The summed E-state index contributed by atoms with van der Waals surface area (Å²) in [6.07, 6.45) is 0. The highest BCUT2D eigenvalue weighted by Gasteiger charge is 2.24. The molecule has 1 N–H and O–H groups in total. The first-order valence-electron chi connectivity index (χ1n) is 8.16. The minimum absolute atomic E-state index is 0.0131. The Morgan fingerprint density at radius 1 is 1.04 bits per heavy atom. The Balaban J connectivity index is 2.40. The van der Waals surface area contributed by atoms with Crippen molar-refractivity contribution in [2.75, 3.05) is 21.3 Å². The third kappa shape index (κ3) is 4.58. The van der Waals surface area contributed by atoms with Crippen LogP contribution in [0.5, 0.6) is 11.5 Å². The van der Waals surface area contributed by atoms with Crippen LogP contribution in [-0.4, -0.2) is 35.7 Å². The predicted octanol–water partition coefficient (Wildman–Crippen LogP) is 2.84. The maximum Gasteiger partial charge on any atom is 0.337 e. The van der Waals surface area contributed by atoms with Crippen LogP contribution >= 0.6 is 0 Å². The molecule has 27 heavy (non-hydrogen) atoms. The first-order chi connectivity index (χ1) is 12.7. The minimum atomic E-state index is -3.90. The number of nitrogens with one attached hydrogen (secondary N) is 1. The van der Waals surface area contributed by atoms with Crippen molar-refractivity contribution in [3.63, 3.8) is 0 Å². The molecule has 0 radical (unpaired) electrons. The van der Waals surface area contributed by atoms with Crippen molar-refractivity contribution in [1.29, 1.82) is 0 Å². The van der Waals surface area contributed by atoms with Gasteiger partial charge >= 0.3 is 5.97 Å². The third-order valence-electron chi connectivity index (χ3n) is 4.13. The van der Waals surface area contributed by atoms with Crippen molar-refractivity contribution in [2.45, 2.75) is 24.8 Å². The van der Waals surface area contributed by atoms with Gasteiger partial charge in [0.25, 0.3) is 0 Å². The normalized spacial score (nSPS) is 12.3. The van der Waals surface area contributed by atoms with Gasteiger partial charge in [-0.15, -0.1) is 0 Å². The van der Waals surface area contributed by atoms with Gasteiger partial charge in [-0.2, -0.15) is 0 Å². The molecule has 0 unspecified atom stereocenters. The lowest BCUT2D eigenvalue weighted by molar-refractivity contribution is 0.0600.